The summed E-state index contributed by atoms with van der Waals surface area (Å²) in [7, 11) is 1.85. The van der Waals surface area contributed by atoms with Crippen LogP contribution in [0.5, 0.6) is 0 Å². The van der Waals surface area contributed by atoms with Crippen LogP contribution in [0.1, 0.15) is 24.5 Å². The van der Waals surface area contributed by atoms with Gasteiger partial charge in [0.25, 0.3) is 0 Å². The SMILES string of the molecule is CC1CC1CN(C)c1ccc(CCN)c(C(F)(F)F)c1. The van der Waals surface area contributed by atoms with Gasteiger partial charge in [-0.1, -0.05) is 13.0 Å². The van der Waals surface area contributed by atoms with Crippen molar-refractivity contribution >= 4 is 5.69 Å². The quantitative estimate of drug-likeness (QED) is 0.900. The highest BCUT2D eigenvalue weighted by molar-refractivity contribution is 5.51. The van der Waals surface area contributed by atoms with Crippen LogP contribution in [0.2, 0.25) is 0 Å². The molecule has 1 aliphatic carbocycles. The number of anilines is 1. The Morgan fingerprint density at radius 3 is 2.50 bits per heavy atom. The molecular weight excluding hydrogens is 265 g/mol. The first kappa shape index (κ1) is 15.2. The molecule has 0 radical (unpaired) electrons. The lowest BCUT2D eigenvalue weighted by Gasteiger charge is -2.22. The topological polar surface area (TPSA) is 29.3 Å². The molecule has 0 saturated heterocycles. The predicted octanol–water partition coefficient (Wildman–Crippen LogP) is 3.30. The molecule has 1 aliphatic rings. The van der Waals surface area contributed by atoms with Crippen molar-refractivity contribution in [3.8, 4) is 0 Å². The number of nitrogens with two attached hydrogens (primary N) is 1. The lowest BCUT2D eigenvalue weighted by molar-refractivity contribution is -0.138. The molecule has 1 aromatic rings. The van der Waals surface area contributed by atoms with Crippen molar-refractivity contribution in [2.45, 2.75) is 25.9 Å². The number of nitrogens with zero attached hydrogens (tertiary/aromatic N) is 1. The summed E-state index contributed by atoms with van der Waals surface area (Å²) in [6.07, 6.45) is -2.91. The van der Waals surface area contributed by atoms with E-state index >= 15 is 0 Å². The van der Waals surface area contributed by atoms with Gasteiger partial charge in [-0.05, 0) is 48.9 Å². The minimum Gasteiger partial charge on any atom is -0.374 e. The Balaban J connectivity index is 2.22. The second-order valence-corrected chi connectivity index (χ2v) is 5.73. The molecule has 1 saturated carbocycles. The van der Waals surface area contributed by atoms with Crippen molar-refractivity contribution in [2.24, 2.45) is 17.6 Å². The monoisotopic (exact) mass is 286 g/mol. The largest absolute Gasteiger partial charge is 0.416 e. The summed E-state index contributed by atoms with van der Waals surface area (Å²) in [6, 6.07) is 4.56. The minimum absolute atomic E-state index is 0.220. The molecule has 2 nitrogen and oxygen atoms in total. The van der Waals surface area contributed by atoms with E-state index in [1.807, 2.05) is 11.9 Å². The Labute approximate surface area is 117 Å². The molecular formula is C15H21F3N2. The Bertz CT molecular complexity index is 471. The van der Waals surface area contributed by atoms with Crippen LogP contribution in [0.3, 0.4) is 0 Å². The van der Waals surface area contributed by atoms with E-state index in [4.69, 9.17) is 5.73 Å². The smallest absolute Gasteiger partial charge is 0.374 e. The van der Waals surface area contributed by atoms with Crippen molar-refractivity contribution < 1.29 is 13.2 Å². The van der Waals surface area contributed by atoms with Gasteiger partial charge >= 0.3 is 6.18 Å². The van der Waals surface area contributed by atoms with Crippen LogP contribution < -0.4 is 10.6 Å². The van der Waals surface area contributed by atoms with Gasteiger partial charge in [0.2, 0.25) is 0 Å². The molecule has 2 unspecified atom stereocenters. The van der Waals surface area contributed by atoms with Gasteiger partial charge in [-0.2, -0.15) is 13.2 Å². The van der Waals surface area contributed by atoms with Crippen LogP contribution in [0.25, 0.3) is 0 Å². The van der Waals surface area contributed by atoms with Gasteiger partial charge in [0, 0.05) is 19.3 Å². The second-order valence-electron chi connectivity index (χ2n) is 5.73. The fourth-order valence-electron chi connectivity index (χ4n) is 2.55. The second kappa shape index (κ2) is 5.64. The third-order valence-corrected chi connectivity index (χ3v) is 4.04. The first-order valence-corrected chi connectivity index (χ1v) is 6.94. The van der Waals surface area contributed by atoms with E-state index in [1.54, 1.807) is 12.1 Å². The fourth-order valence-corrected chi connectivity index (χ4v) is 2.55. The molecule has 5 heteroatoms. The first-order chi connectivity index (χ1) is 9.32. The maximum atomic E-state index is 13.1. The lowest BCUT2D eigenvalue weighted by Crippen LogP contribution is -2.22. The zero-order chi connectivity index (χ0) is 14.9. The highest BCUT2D eigenvalue weighted by Crippen LogP contribution is 2.39. The third kappa shape index (κ3) is 3.45. The van der Waals surface area contributed by atoms with Gasteiger partial charge in [0.1, 0.15) is 0 Å². The summed E-state index contributed by atoms with van der Waals surface area (Å²) >= 11 is 0. The van der Waals surface area contributed by atoms with Crippen molar-refractivity contribution in [1.82, 2.24) is 0 Å². The molecule has 0 spiro atoms. The van der Waals surface area contributed by atoms with E-state index in [9.17, 15) is 13.2 Å². The minimum atomic E-state index is -4.33. The van der Waals surface area contributed by atoms with Crippen LogP contribution in [-0.4, -0.2) is 20.1 Å². The molecule has 0 amide bonds. The van der Waals surface area contributed by atoms with E-state index in [0.29, 0.717) is 17.5 Å². The zero-order valence-electron chi connectivity index (χ0n) is 11.9. The summed E-state index contributed by atoms with van der Waals surface area (Å²) in [6.45, 7) is 3.20. The van der Waals surface area contributed by atoms with Gasteiger partial charge in [-0.15, -0.1) is 0 Å². The van der Waals surface area contributed by atoms with Crippen molar-refractivity contribution in [3.63, 3.8) is 0 Å². The standard InChI is InChI=1S/C15H21F3N2/c1-10-7-12(10)9-20(2)13-4-3-11(5-6-19)14(8-13)15(16,17)18/h3-4,8,10,12H,5-7,9,19H2,1-2H3. The number of hydrogen-bond donors (Lipinski definition) is 1. The molecule has 2 atom stereocenters. The van der Waals surface area contributed by atoms with Crippen molar-refractivity contribution in [2.75, 3.05) is 25.0 Å². The predicted molar refractivity (Wildman–Crippen MR) is 74.7 cm³/mol. The molecule has 20 heavy (non-hydrogen) atoms. The molecule has 2 rings (SSSR count). The molecule has 112 valence electrons. The number of hydrogen-bond acceptors (Lipinski definition) is 2. The Morgan fingerprint density at radius 1 is 1.35 bits per heavy atom. The van der Waals surface area contributed by atoms with Crippen LogP contribution in [0.15, 0.2) is 18.2 Å². The van der Waals surface area contributed by atoms with Crippen LogP contribution in [0.4, 0.5) is 18.9 Å². The molecule has 0 aliphatic heterocycles. The molecule has 0 bridgehead atoms. The van der Waals surface area contributed by atoms with Crippen LogP contribution >= 0.6 is 0 Å². The zero-order valence-corrected chi connectivity index (χ0v) is 11.9. The average molecular weight is 286 g/mol. The summed E-state index contributed by atoms with van der Waals surface area (Å²) in [4.78, 5) is 1.91. The Kier molecular flexibility index (Phi) is 4.28. The van der Waals surface area contributed by atoms with Gasteiger partial charge in [0.15, 0.2) is 0 Å². The van der Waals surface area contributed by atoms with Gasteiger partial charge < -0.3 is 10.6 Å². The normalized spacial score (nSPS) is 21.9. The summed E-state index contributed by atoms with van der Waals surface area (Å²) in [5, 5.41) is 0. The van der Waals surface area contributed by atoms with Crippen LogP contribution in [-0.2, 0) is 12.6 Å². The molecule has 1 fully saturated rings. The number of benzene rings is 1. The van der Waals surface area contributed by atoms with E-state index < -0.39 is 11.7 Å². The Morgan fingerprint density at radius 2 is 2.00 bits per heavy atom. The van der Waals surface area contributed by atoms with Crippen molar-refractivity contribution in [1.29, 1.82) is 0 Å². The number of halogens is 3. The lowest BCUT2D eigenvalue weighted by atomic mass is 10.0. The highest BCUT2D eigenvalue weighted by Gasteiger charge is 2.35. The molecule has 2 N–H and O–H groups in total. The summed E-state index contributed by atoms with van der Waals surface area (Å²) < 4.78 is 39.3. The maximum absolute atomic E-state index is 13.1. The third-order valence-electron chi connectivity index (χ3n) is 4.04. The molecule has 1 aromatic carbocycles. The van der Waals surface area contributed by atoms with Crippen LogP contribution in [0, 0.1) is 11.8 Å². The average Bonchev–Trinajstić information content (AvgIpc) is 3.04. The summed E-state index contributed by atoms with van der Waals surface area (Å²) in [5.74, 6) is 1.30. The van der Waals surface area contributed by atoms with E-state index in [2.05, 4.69) is 6.92 Å². The number of rotatable bonds is 5. The van der Waals surface area contributed by atoms with Gasteiger partial charge in [-0.25, -0.2) is 0 Å². The maximum Gasteiger partial charge on any atom is 0.416 e. The fraction of sp³-hybridized carbons (Fsp3) is 0.600. The van der Waals surface area contributed by atoms with Crippen molar-refractivity contribution in [3.05, 3.63) is 29.3 Å². The first-order valence-electron chi connectivity index (χ1n) is 6.94. The van der Waals surface area contributed by atoms with E-state index in [0.717, 1.165) is 6.54 Å². The number of alkyl halides is 3. The Hall–Kier alpha value is -1.23. The molecule has 0 aromatic heterocycles. The highest BCUT2D eigenvalue weighted by atomic mass is 19.4. The van der Waals surface area contributed by atoms with E-state index in [1.165, 1.54) is 12.5 Å². The van der Waals surface area contributed by atoms with E-state index in [-0.39, 0.29) is 18.5 Å². The van der Waals surface area contributed by atoms with Gasteiger partial charge in [-0.3, -0.25) is 0 Å². The summed E-state index contributed by atoms with van der Waals surface area (Å²) in [5.41, 5.74) is 5.72. The van der Waals surface area contributed by atoms with Gasteiger partial charge in [0.05, 0.1) is 5.56 Å². The molecule has 0 heterocycles.